The molecule has 0 saturated heterocycles. The van der Waals surface area contributed by atoms with E-state index in [1.807, 2.05) is 73.1 Å². The van der Waals surface area contributed by atoms with Crippen molar-refractivity contribution in [3.05, 3.63) is 129 Å². The van der Waals surface area contributed by atoms with Crippen LogP contribution >= 0.6 is 24.8 Å². The number of aliphatic imine (C=N–C) groups is 2. The molecular formula is C44H60Cl2N2O2Zr. The monoisotopic (exact) mass is 808 g/mol. The van der Waals surface area contributed by atoms with Crippen molar-refractivity contribution in [1.82, 2.24) is 0 Å². The van der Waals surface area contributed by atoms with E-state index < -0.39 is 0 Å². The van der Waals surface area contributed by atoms with Crippen molar-refractivity contribution in [3.63, 3.8) is 0 Å². The predicted molar refractivity (Wildman–Crippen MR) is 221 cm³/mol. The second kappa shape index (κ2) is 19.9. The minimum absolute atomic E-state index is 0. The summed E-state index contributed by atoms with van der Waals surface area (Å²) in [4.78, 5) is 9.07. The average Bonchev–Trinajstić information content (AvgIpc) is 2.98. The molecule has 4 aromatic rings. The number of phenolic OH excluding ortho intramolecular Hbond substituents is 2. The Hall–Kier alpha value is -2.72. The Kier molecular flexibility index (Phi) is 18.9. The quantitative estimate of drug-likeness (QED) is 0.191. The molecule has 51 heavy (non-hydrogen) atoms. The second-order valence-corrected chi connectivity index (χ2v) is 16.8. The fourth-order valence-electron chi connectivity index (χ4n) is 5.22. The van der Waals surface area contributed by atoms with Crippen molar-refractivity contribution in [3.8, 4) is 11.5 Å². The van der Waals surface area contributed by atoms with Crippen molar-refractivity contribution in [2.45, 2.75) is 118 Å². The van der Waals surface area contributed by atoms with Gasteiger partial charge in [-0.05, 0) is 67.2 Å². The number of nitrogens with zero attached hydrogens (tertiary/aromatic N) is 2. The van der Waals surface area contributed by atoms with Gasteiger partial charge >= 0.3 is 0 Å². The zero-order valence-electron chi connectivity index (χ0n) is 32.8. The van der Waals surface area contributed by atoms with Gasteiger partial charge in [0.05, 0.1) is 13.1 Å². The van der Waals surface area contributed by atoms with Gasteiger partial charge in [-0.25, -0.2) is 0 Å². The summed E-state index contributed by atoms with van der Waals surface area (Å²) < 4.78 is 0. The van der Waals surface area contributed by atoms with E-state index in [9.17, 15) is 10.2 Å². The van der Waals surface area contributed by atoms with E-state index in [1.165, 1.54) is 11.1 Å². The van der Waals surface area contributed by atoms with Crippen molar-refractivity contribution in [2.24, 2.45) is 9.98 Å². The van der Waals surface area contributed by atoms with E-state index in [1.54, 1.807) is 0 Å². The fraction of sp³-hybridized carbons (Fsp3) is 0.409. The summed E-state index contributed by atoms with van der Waals surface area (Å²) in [7, 11) is 0. The third kappa shape index (κ3) is 14.7. The van der Waals surface area contributed by atoms with Crippen LogP contribution in [-0.4, -0.2) is 22.6 Å². The Balaban J connectivity index is 0.000000926. The summed E-state index contributed by atoms with van der Waals surface area (Å²) in [5.41, 5.74) is 8.20. The normalized spacial score (nSPS) is 12.0. The number of rotatable bonds is 6. The standard InChI is InChI=1S/2C22H29NO.2ClH.Zr/c2*1-21(2,3)18-12-17(20(24)19(13-18)22(4,5)6)15-23-14-16-10-8-7-9-11-16;;;/h2*7-14,24H,15H2,1-6H3;2*1H;. The Morgan fingerprint density at radius 2 is 0.765 bits per heavy atom. The van der Waals surface area contributed by atoms with Crippen LogP contribution < -0.4 is 0 Å². The number of aromatic hydroxyl groups is 2. The van der Waals surface area contributed by atoms with Crippen molar-refractivity contribution in [1.29, 1.82) is 0 Å². The molecule has 0 radical (unpaired) electrons. The molecule has 0 bridgehead atoms. The Labute approximate surface area is 340 Å². The number of phenols is 2. The van der Waals surface area contributed by atoms with Gasteiger partial charge in [-0.2, -0.15) is 0 Å². The maximum atomic E-state index is 10.7. The van der Waals surface area contributed by atoms with Crippen LogP contribution in [0.1, 0.15) is 128 Å². The number of halogens is 2. The summed E-state index contributed by atoms with van der Waals surface area (Å²) in [6.45, 7) is 26.9. The van der Waals surface area contributed by atoms with Crippen LogP contribution in [0.5, 0.6) is 11.5 Å². The van der Waals surface area contributed by atoms with Gasteiger partial charge in [0.2, 0.25) is 0 Å². The van der Waals surface area contributed by atoms with Gasteiger partial charge in [-0.1, -0.05) is 156 Å². The molecule has 4 rings (SSSR count). The third-order valence-electron chi connectivity index (χ3n) is 8.33. The van der Waals surface area contributed by atoms with E-state index in [0.717, 1.165) is 33.4 Å². The molecule has 0 amide bonds. The molecule has 0 aromatic heterocycles. The first-order chi connectivity index (χ1) is 22.2. The Bertz CT molecular complexity index is 1580. The van der Waals surface area contributed by atoms with Gasteiger partial charge in [-0.15, -0.1) is 24.8 Å². The van der Waals surface area contributed by atoms with Gasteiger partial charge in [0, 0.05) is 49.8 Å². The van der Waals surface area contributed by atoms with Crippen LogP contribution in [0.4, 0.5) is 0 Å². The van der Waals surface area contributed by atoms with Crippen molar-refractivity contribution in [2.75, 3.05) is 0 Å². The van der Waals surface area contributed by atoms with Gasteiger partial charge in [0.25, 0.3) is 0 Å². The summed E-state index contributed by atoms with van der Waals surface area (Å²) >= 11 is 0. The predicted octanol–water partition coefficient (Wildman–Crippen LogP) is 12.1. The molecule has 0 aliphatic heterocycles. The summed E-state index contributed by atoms with van der Waals surface area (Å²) in [5, 5.41) is 21.5. The summed E-state index contributed by atoms with van der Waals surface area (Å²) in [6, 6.07) is 28.5. The van der Waals surface area contributed by atoms with E-state index in [2.05, 4.69) is 117 Å². The third-order valence-corrected chi connectivity index (χ3v) is 8.33. The first-order valence-corrected chi connectivity index (χ1v) is 17.0. The molecule has 0 atom stereocenters. The van der Waals surface area contributed by atoms with Gasteiger partial charge < -0.3 is 10.2 Å². The van der Waals surface area contributed by atoms with E-state index in [0.29, 0.717) is 24.6 Å². The molecule has 0 aliphatic carbocycles. The maximum Gasteiger partial charge on any atom is 0.124 e. The largest absolute Gasteiger partial charge is 0.507 e. The van der Waals surface area contributed by atoms with Gasteiger partial charge in [0.15, 0.2) is 0 Å². The first kappa shape index (κ1) is 48.3. The molecule has 276 valence electrons. The summed E-state index contributed by atoms with van der Waals surface area (Å²) in [6.07, 6.45) is 3.72. The minimum Gasteiger partial charge on any atom is -0.507 e. The zero-order chi connectivity index (χ0) is 35.9. The molecule has 4 nitrogen and oxygen atoms in total. The molecule has 0 fully saturated rings. The zero-order valence-corrected chi connectivity index (χ0v) is 36.8. The molecule has 0 spiro atoms. The molecular weight excluding hydrogens is 751 g/mol. The van der Waals surface area contributed by atoms with Crippen LogP contribution in [0.15, 0.2) is 94.9 Å². The molecule has 7 heteroatoms. The van der Waals surface area contributed by atoms with Gasteiger partial charge in [-0.3, -0.25) is 9.98 Å². The SMILES string of the molecule is CC(C)(C)c1cc(CN=Cc2ccccc2)c(O)c(C(C)(C)C)c1.CC(C)(C)c1cc(CN=Cc2ccccc2)c(O)c(C(C)(C)C)c1.Cl.Cl.[Zr]. The Morgan fingerprint density at radius 1 is 0.471 bits per heavy atom. The molecule has 4 aromatic carbocycles. The number of benzene rings is 4. The Morgan fingerprint density at radius 3 is 1.02 bits per heavy atom. The topological polar surface area (TPSA) is 65.2 Å². The molecule has 0 heterocycles. The van der Waals surface area contributed by atoms with Crippen molar-refractivity contribution >= 4 is 37.2 Å². The van der Waals surface area contributed by atoms with Crippen molar-refractivity contribution < 1.29 is 36.4 Å². The first-order valence-electron chi connectivity index (χ1n) is 17.0. The molecule has 0 saturated carbocycles. The van der Waals surface area contributed by atoms with E-state index >= 15 is 0 Å². The van der Waals surface area contributed by atoms with Crippen LogP contribution in [0.25, 0.3) is 0 Å². The number of hydrogen-bond acceptors (Lipinski definition) is 4. The maximum absolute atomic E-state index is 10.7. The van der Waals surface area contributed by atoms with Gasteiger partial charge in [0.1, 0.15) is 11.5 Å². The molecule has 2 N–H and O–H groups in total. The average molecular weight is 811 g/mol. The minimum atomic E-state index is -0.108. The van der Waals surface area contributed by atoms with E-state index in [-0.39, 0.29) is 72.7 Å². The van der Waals surface area contributed by atoms with Crippen LogP contribution in [0.3, 0.4) is 0 Å². The molecule has 0 unspecified atom stereocenters. The number of hydrogen-bond donors (Lipinski definition) is 2. The van der Waals surface area contributed by atoms with Crippen LogP contribution in [-0.2, 0) is 61.0 Å². The second-order valence-electron chi connectivity index (χ2n) is 16.8. The van der Waals surface area contributed by atoms with Crippen LogP contribution in [0, 0.1) is 0 Å². The fourth-order valence-corrected chi connectivity index (χ4v) is 5.22. The van der Waals surface area contributed by atoms with E-state index in [4.69, 9.17) is 0 Å². The smallest absolute Gasteiger partial charge is 0.124 e. The summed E-state index contributed by atoms with van der Waals surface area (Å²) in [5.74, 6) is 0.751. The van der Waals surface area contributed by atoms with Crippen LogP contribution in [0.2, 0.25) is 0 Å². The molecule has 0 aliphatic rings.